The van der Waals surface area contributed by atoms with Crippen LogP contribution in [0.15, 0.2) is 42.6 Å². The lowest BCUT2D eigenvalue weighted by Gasteiger charge is -2.17. The van der Waals surface area contributed by atoms with Crippen molar-refractivity contribution in [3.8, 4) is 17.0 Å². The van der Waals surface area contributed by atoms with Crippen molar-refractivity contribution >= 4 is 41.5 Å². The van der Waals surface area contributed by atoms with E-state index < -0.39 is 13.0 Å². The standard InChI is InChI=1S/C26H30N9O3P/c1-34-12-11-21(33-34)29-22-13-20(24(26(27)36)31-30-22)28-18-6-4-5-17(25(18)38-3)19-14-23(35(2)32-19)39(37,15-7-8-15)16-9-10-16/h4-6,11-16H,7-10H2,1-3H3,(H2,27,36)(H2,28,29,30,33). The van der Waals surface area contributed by atoms with Crippen LogP contribution in [0.3, 0.4) is 0 Å². The fraction of sp³-hybridized carbons (Fsp3) is 0.346. The molecule has 0 bridgehead atoms. The highest BCUT2D eigenvalue weighted by Crippen LogP contribution is 2.69. The second-order valence-electron chi connectivity index (χ2n) is 10.1. The topological polar surface area (TPSA) is 155 Å². The maximum atomic E-state index is 14.2. The number of hydrogen-bond donors (Lipinski definition) is 3. The molecule has 2 aliphatic rings. The highest BCUT2D eigenvalue weighted by molar-refractivity contribution is 7.73. The van der Waals surface area contributed by atoms with Crippen molar-refractivity contribution in [3.05, 3.63) is 48.3 Å². The minimum Gasteiger partial charge on any atom is -0.494 e. The van der Waals surface area contributed by atoms with Crippen molar-refractivity contribution in [2.24, 2.45) is 19.8 Å². The van der Waals surface area contributed by atoms with E-state index in [4.69, 9.17) is 15.6 Å². The molecule has 0 unspecified atom stereocenters. The predicted octanol–water partition coefficient (Wildman–Crippen LogP) is 3.52. The molecule has 0 spiro atoms. The second kappa shape index (κ2) is 9.53. The molecule has 202 valence electrons. The largest absolute Gasteiger partial charge is 0.494 e. The summed E-state index contributed by atoms with van der Waals surface area (Å²) >= 11 is 0. The highest BCUT2D eigenvalue weighted by Gasteiger charge is 2.53. The van der Waals surface area contributed by atoms with E-state index in [0.717, 1.165) is 36.7 Å². The summed E-state index contributed by atoms with van der Waals surface area (Å²) in [5, 5.41) is 23.4. The third kappa shape index (κ3) is 4.65. The maximum Gasteiger partial charge on any atom is 0.271 e. The van der Waals surface area contributed by atoms with Gasteiger partial charge in [0.2, 0.25) is 0 Å². The van der Waals surface area contributed by atoms with Crippen LogP contribution >= 0.6 is 7.14 Å². The molecular weight excluding hydrogens is 517 g/mol. The van der Waals surface area contributed by atoms with Gasteiger partial charge in [0.25, 0.3) is 5.91 Å². The lowest BCUT2D eigenvalue weighted by Crippen LogP contribution is -2.20. The van der Waals surface area contributed by atoms with Crippen molar-refractivity contribution in [3.63, 3.8) is 0 Å². The number of rotatable bonds is 10. The monoisotopic (exact) mass is 547 g/mol. The Kier molecular flexibility index (Phi) is 6.14. The zero-order valence-electron chi connectivity index (χ0n) is 22.0. The average molecular weight is 548 g/mol. The first-order chi connectivity index (χ1) is 18.8. The Bertz CT molecular complexity index is 1600. The first-order valence-electron chi connectivity index (χ1n) is 12.8. The zero-order valence-corrected chi connectivity index (χ0v) is 22.9. The molecule has 12 nitrogen and oxygen atoms in total. The Morgan fingerprint density at radius 3 is 2.36 bits per heavy atom. The number of aryl methyl sites for hydroxylation is 2. The van der Waals surface area contributed by atoms with Crippen molar-refractivity contribution in [1.29, 1.82) is 0 Å². The molecule has 13 heteroatoms. The van der Waals surface area contributed by atoms with Gasteiger partial charge in [-0.3, -0.25) is 14.2 Å². The van der Waals surface area contributed by atoms with Crippen molar-refractivity contribution in [2.45, 2.75) is 37.0 Å². The fourth-order valence-corrected chi connectivity index (χ4v) is 9.05. The van der Waals surface area contributed by atoms with Gasteiger partial charge in [0.1, 0.15) is 7.14 Å². The molecule has 0 aliphatic heterocycles. The Balaban J connectivity index is 1.36. The number of benzene rings is 1. The van der Waals surface area contributed by atoms with Crippen molar-refractivity contribution in [1.82, 2.24) is 29.8 Å². The number of para-hydroxylation sites is 1. The molecule has 2 saturated carbocycles. The number of carbonyl (C=O) groups excluding carboxylic acids is 1. The summed E-state index contributed by atoms with van der Waals surface area (Å²) in [6, 6.07) is 11.0. The van der Waals surface area contributed by atoms with Crippen LogP contribution in [0.4, 0.5) is 23.0 Å². The summed E-state index contributed by atoms with van der Waals surface area (Å²) in [4.78, 5) is 12.2. The number of primary amides is 1. The predicted molar refractivity (Wildman–Crippen MR) is 149 cm³/mol. The van der Waals surface area contributed by atoms with E-state index in [9.17, 15) is 9.36 Å². The minimum absolute atomic E-state index is 0.0241. The number of nitrogens with two attached hydrogens (primary N) is 1. The van der Waals surface area contributed by atoms with Gasteiger partial charge in [0, 0.05) is 49.3 Å². The van der Waals surface area contributed by atoms with Gasteiger partial charge in [0.05, 0.1) is 29.6 Å². The third-order valence-corrected chi connectivity index (χ3v) is 11.5. The van der Waals surface area contributed by atoms with E-state index in [1.54, 1.807) is 41.9 Å². The molecule has 3 heterocycles. The molecule has 1 aromatic carbocycles. The van der Waals surface area contributed by atoms with Crippen molar-refractivity contribution in [2.75, 3.05) is 17.7 Å². The van der Waals surface area contributed by atoms with Gasteiger partial charge in [-0.15, -0.1) is 10.2 Å². The second-order valence-corrected chi connectivity index (χ2v) is 13.4. The number of anilines is 4. The van der Waals surface area contributed by atoms with Gasteiger partial charge in [-0.2, -0.15) is 10.2 Å². The summed E-state index contributed by atoms with van der Waals surface area (Å²) < 4.78 is 23.4. The maximum absolute atomic E-state index is 14.2. The third-order valence-electron chi connectivity index (χ3n) is 7.15. The van der Waals surface area contributed by atoms with Gasteiger partial charge >= 0.3 is 0 Å². The zero-order chi connectivity index (χ0) is 27.3. The number of methoxy groups -OCH3 is 1. The van der Waals surface area contributed by atoms with E-state index in [2.05, 4.69) is 25.9 Å². The summed E-state index contributed by atoms with van der Waals surface area (Å²) in [6.07, 6.45) is 5.89. The smallest absolute Gasteiger partial charge is 0.271 e. The van der Waals surface area contributed by atoms with Gasteiger partial charge in [0.15, 0.2) is 23.1 Å². The molecule has 0 radical (unpaired) electrons. The Morgan fingerprint density at radius 2 is 1.74 bits per heavy atom. The van der Waals surface area contributed by atoms with E-state index in [1.807, 2.05) is 31.3 Å². The number of carbonyl (C=O) groups is 1. The molecule has 4 aromatic rings. The van der Waals surface area contributed by atoms with Crippen molar-refractivity contribution < 1.29 is 14.1 Å². The first kappa shape index (κ1) is 25.1. The summed E-state index contributed by atoms with van der Waals surface area (Å²) in [7, 11) is 2.73. The molecule has 0 atom stereocenters. The Labute approximate surface area is 225 Å². The van der Waals surface area contributed by atoms with Crippen LogP contribution in [0.5, 0.6) is 5.75 Å². The van der Waals surface area contributed by atoms with Crippen LogP contribution in [0.1, 0.15) is 36.2 Å². The molecule has 1 amide bonds. The molecule has 2 fully saturated rings. The van der Waals surface area contributed by atoms with Gasteiger partial charge < -0.3 is 25.7 Å². The van der Waals surface area contributed by atoms with E-state index in [1.165, 1.54) is 0 Å². The van der Waals surface area contributed by atoms with E-state index in [-0.39, 0.29) is 17.0 Å². The SMILES string of the molecule is COc1c(Nc2cc(Nc3ccn(C)n3)nnc2C(N)=O)cccc1-c1cc(P(=O)(C2CC2)C2CC2)n(C)n1. The minimum atomic E-state index is -2.51. The number of aromatic nitrogens is 6. The Hall–Kier alpha value is -4.18. The number of nitrogens with one attached hydrogen (secondary N) is 2. The van der Waals surface area contributed by atoms with Crippen LogP contribution in [0, 0.1) is 0 Å². The number of amides is 1. The molecule has 39 heavy (non-hydrogen) atoms. The fourth-order valence-electron chi connectivity index (χ4n) is 5.05. The van der Waals surface area contributed by atoms with Gasteiger partial charge in [-0.25, -0.2) is 0 Å². The number of ether oxygens (including phenoxy) is 1. The van der Waals surface area contributed by atoms with Crippen LogP contribution < -0.4 is 26.5 Å². The lowest BCUT2D eigenvalue weighted by atomic mass is 10.1. The van der Waals surface area contributed by atoms with Gasteiger partial charge in [-0.05, 0) is 43.9 Å². The molecular formula is C26H30N9O3P. The van der Waals surface area contributed by atoms with Gasteiger partial charge in [-0.1, -0.05) is 6.07 Å². The highest BCUT2D eigenvalue weighted by atomic mass is 31.2. The number of hydrogen-bond acceptors (Lipinski definition) is 9. The molecule has 0 saturated heterocycles. The Morgan fingerprint density at radius 1 is 1.00 bits per heavy atom. The quantitative estimate of drug-likeness (QED) is 0.253. The van der Waals surface area contributed by atoms with Crippen LogP contribution in [-0.2, 0) is 18.7 Å². The molecule has 2 aliphatic carbocycles. The van der Waals surface area contributed by atoms with Crippen LogP contribution in [0.2, 0.25) is 0 Å². The van der Waals surface area contributed by atoms with Crippen LogP contribution in [-0.4, -0.2) is 54.1 Å². The molecule has 3 aromatic heterocycles. The summed E-state index contributed by atoms with van der Waals surface area (Å²) in [5.74, 6) is 0.738. The summed E-state index contributed by atoms with van der Waals surface area (Å²) in [5.41, 5.74) is 9.30. The summed E-state index contributed by atoms with van der Waals surface area (Å²) in [6.45, 7) is 0. The first-order valence-corrected chi connectivity index (χ1v) is 14.6. The average Bonchev–Trinajstić information content (AvgIpc) is 3.84. The molecule has 6 rings (SSSR count). The van der Waals surface area contributed by atoms with E-state index in [0.29, 0.717) is 34.5 Å². The van der Waals surface area contributed by atoms with Crippen LogP contribution in [0.25, 0.3) is 11.3 Å². The number of nitrogens with zero attached hydrogens (tertiary/aromatic N) is 6. The molecule has 4 N–H and O–H groups in total. The van der Waals surface area contributed by atoms with E-state index >= 15 is 0 Å². The lowest BCUT2D eigenvalue weighted by molar-refractivity contribution is 0.0995. The normalized spacial score (nSPS) is 15.3.